The highest BCUT2D eigenvalue weighted by molar-refractivity contribution is 5.89. The van der Waals surface area contributed by atoms with Crippen molar-refractivity contribution >= 4 is 11.8 Å². The number of aromatic nitrogens is 2. The van der Waals surface area contributed by atoms with E-state index in [4.69, 9.17) is 4.74 Å². The van der Waals surface area contributed by atoms with Crippen molar-refractivity contribution in [2.45, 2.75) is 25.1 Å². The lowest BCUT2D eigenvalue weighted by molar-refractivity contribution is -0.140. The molecule has 0 radical (unpaired) electrons. The molecule has 160 valence electrons. The van der Waals surface area contributed by atoms with Crippen molar-refractivity contribution in [1.29, 1.82) is 0 Å². The van der Waals surface area contributed by atoms with E-state index in [9.17, 15) is 14.7 Å². The van der Waals surface area contributed by atoms with Crippen LogP contribution >= 0.6 is 0 Å². The number of nitrogens with one attached hydrogen (secondary N) is 1. The van der Waals surface area contributed by atoms with E-state index in [0.29, 0.717) is 12.3 Å². The topological polar surface area (TPSA) is 96.7 Å². The third kappa shape index (κ3) is 5.10. The van der Waals surface area contributed by atoms with E-state index in [2.05, 4.69) is 10.4 Å². The summed E-state index contributed by atoms with van der Waals surface area (Å²) in [6, 6.07) is 17.8. The standard InChI is InChI=1S/C23H24N4O4/c28-19-13-21(26(15-19)22(29)16-31-20-5-2-1-3-6-20)23(30)24-14-17-7-9-18(10-8-17)27-12-4-11-25-27/h1-12,19,21,28H,13-16H2,(H,24,30)/t19-,21+/m0/s1. The number of rotatable bonds is 7. The minimum absolute atomic E-state index is 0.119. The zero-order valence-electron chi connectivity index (χ0n) is 16.9. The summed E-state index contributed by atoms with van der Waals surface area (Å²) >= 11 is 0. The Morgan fingerprint density at radius 2 is 1.87 bits per heavy atom. The molecule has 0 aliphatic carbocycles. The second-order valence-corrected chi connectivity index (χ2v) is 7.39. The number of hydrogen-bond donors (Lipinski definition) is 2. The SMILES string of the molecule is O=C(NCc1ccc(-n2cccn2)cc1)[C@H]1C[C@H](O)CN1C(=O)COc1ccccc1. The molecule has 8 heteroatoms. The average Bonchev–Trinajstić information content (AvgIpc) is 3.47. The third-order valence-electron chi connectivity index (χ3n) is 5.18. The zero-order valence-corrected chi connectivity index (χ0v) is 16.9. The molecule has 2 N–H and O–H groups in total. The first-order chi connectivity index (χ1) is 15.1. The summed E-state index contributed by atoms with van der Waals surface area (Å²) in [4.78, 5) is 26.7. The molecule has 2 amide bonds. The average molecular weight is 420 g/mol. The molecule has 2 atom stereocenters. The molecule has 4 rings (SSSR count). The summed E-state index contributed by atoms with van der Waals surface area (Å²) in [7, 11) is 0. The number of amides is 2. The highest BCUT2D eigenvalue weighted by Gasteiger charge is 2.38. The van der Waals surface area contributed by atoms with Crippen molar-refractivity contribution in [3.8, 4) is 11.4 Å². The molecule has 3 aromatic rings. The van der Waals surface area contributed by atoms with Gasteiger partial charge in [-0.25, -0.2) is 4.68 Å². The predicted octanol–water partition coefficient (Wildman–Crippen LogP) is 1.53. The molecule has 0 saturated carbocycles. The van der Waals surface area contributed by atoms with E-state index < -0.39 is 12.1 Å². The summed E-state index contributed by atoms with van der Waals surface area (Å²) < 4.78 is 7.26. The largest absolute Gasteiger partial charge is 0.484 e. The maximum absolute atomic E-state index is 12.7. The summed E-state index contributed by atoms with van der Waals surface area (Å²) in [5.41, 5.74) is 1.85. The number of carbonyl (C=O) groups excluding carboxylic acids is 2. The molecule has 1 saturated heterocycles. The molecule has 2 heterocycles. The number of likely N-dealkylation sites (tertiary alicyclic amines) is 1. The van der Waals surface area contributed by atoms with Gasteiger partial charge in [-0.15, -0.1) is 0 Å². The first-order valence-corrected chi connectivity index (χ1v) is 10.1. The summed E-state index contributed by atoms with van der Waals surface area (Å²) in [6.07, 6.45) is 3.04. The number of nitrogens with zero attached hydrogens (tertiary/aromatic N) is 3. The van der Waals surface area contributed by atoms with Crippen LogP contribution in [-0.4, -0.2) is 56.9 Å². The molecule has 1 aliphatic heterocycles. The van der Waals surface area contributed by atoms with E-state index >= 15 is 0 Å². The third-order valence-corrected chi connectivity index (χ3v) is 5.18. The Balaban J connectivity index is 1.32. The molecular formula is C23H24N4O4. The number of aliphatic hydroxyl groups excluding tert-OH is 1. The van der Waals surface area contributed by atoms with Crippen LogP contribution in [0.3, 0.4) is 0 Å². The highest BCUT2D eigenvalue weighted by Crippen LogP contribution is 2.19. The van der Waals surface area contributed by atoms with E-state index in [0.717, 1.165) is 11.3 Å². The minimum Gasteiger partial charge on any atom is -0.484 e. The van der Waals surface area contributed by atoms with Gasteiger partial charge in [0, 0.05) is 31.9 Å². The molecule has 1 fully saturated rings. The Morgan fingerprint density at radius 1 is 1.10 bits per heavy atom. The van der Waals surface area contributed by atoms with E-state index in [1.54, 1.807) is 23.0 Å². The lowest BCUT2D eigenvalue weighted by Gasteiger charge is -2.23. The van der Waals surface area contributed by atoms with Gasteiger partial charge in [-0.1, -0.05) is 30.3 Å². The Morgan fingerprint density at radius 3 is 2.58 bits per heavy atom. The molecule has 2 aromatic carbocycles. The summed E-state index contributed by atoms with van der Waals surface area (Å²) in [5.74, 6) is -0.0416. The molecule has 0 unspecified atom stereocenters. The van der Waals surface area contributed by atoms with Crippen molar-refractivity contribution in [2.24, 2.45) is 0 Å². The molecule has 1 aliphatic rings. The van der Waals surface area contributed by atoms with Crippen LogP contribution in [0.1, 0.15) is 12.0 Å². The van der Waals surface area contributed by atoms with Crippen LogP contribution < -0.4 is 10.1 Å². The van der Waals surface area contributed by atoms with Crippen LogP contribution in [0.25, 0.3) is 5.69 Å². The molecule has 31 heavy (non-hydrogen) atoms. The molecule has 8 nitrogen and oxygen atoms in total. The lowest BCUT2D eigenvalue weighted by Crippen LogP contribution is -2.47. The van der Waals surface area contributed by atoms with Crippen LogP contribution in [0.15, 0.2) is 73.1 Å². The van der Waals surface area contributed by atoms with Crippen LogP contribution in [0.5, 0.6) is 5.75 Å². The second kappa shape index (κ2) is 9.44. The lowest BCUT2D eigenvalue weighted by atomic mass is 10.1. The molecule has 1 aromatic heterocycles. The first-order valence-electron chi connectivity index (χ1n) is 10.1. The number of β-amino-alcohol motifs (C(OH)–C–C–N with tert-alkyl or cyclic N) is 1. The zero-order chi connectivity index (χ0) is 21.6. The van der Waals surface area contributed by atoms with Gasteiger partial charge >= 0.3 is 0 Å². The van der Waals surface area contributed by atoms with Gasteiger partial charge in [-0.05, 0) is 35.9 Å². The number of ether oxygens (including phenoxy) is 1. The Kier molecular flexibility index (Phi) is 6.28. The molecular weight excluding hydrogens is 396 g/mol. The molecule has 0 spiro atoms. The Labute approximate surface area is 180 Å². The molecule has 0 bridgehead atoms. The van der Waals surface area contributed by atoms with Gasteiger partial charge < -0.3 is 20.1 Å². The fourth-order valence-corrected chi connectivity index (χ4v) is 3.58. The van der Waals surface area contributed by atoms with Crippen LogP contribution in [0.2, 0.25) is 0 Å². The number of benzene rings is 2. The maximum atomic E-state index is 12.7. The Bertz CT molecular complexity index is 1010. The van der Waals surface area contributed by atoms with Crippen molar-refractivity contribution in [2.75, 3.05) is 13.2 Å². The maximum Gasteiger partial charge on any atom is 0.261 e. The van der Waals surface area contributed by atoms with Gasteiger partial charge in [-0.3, -0.25) is 9.59 Å². The highest BCUT2D eigenvalue weighted by atomic mass is 16.5. The summed E-state index contributed by atoms with van der Waals surface area (Å²) in [5, 5.41) is 17.1. The minimum atomic E-state index is -0.732. The van der Waals surface area contributed by atoms with Gasteiger partial charge in [0.1, 0.15) is 11.8 Å². The van der Waals surface area contributed by atoms with Crippen LogP contribution in [-0.2, 0) is 16.1 Å². The fourth-order valence-electron chi connectivity index (χ4n) is 3.58. The van der Waals surface area contributed by atoms with Crippen LogP contribution in [0, 0.1) is 0 Å². The van der Waals surface area contributed by atoms with Crippen molar-refractivity contribution in [1.82, 2.24) is 20.0 Å². The monoisotopic (exact) mass is 420 g/mol. The Hall–Kier alpha value is -3.65. The van der Waals surface area contributed by atoms with Gasteiger partial charge in [-0.2, -0.15) is 5.10 Å². The normalized spacial score (nSPS) is 18.0. The van der Waals surface area contributed by atoms with E-state index in [1.807, 2.05) is 54.7 Å². The van der Waals surface area contributed by atoms with Crippen molar-refractivity contribution in [3.05, 3.63) is 78.6 Å². The van der Waals surface area contributed by atoms with Crippen molar-refractivity contribution < 1.29 is 19.4 Å². The number of aliphatic hydroxyl groups is 1. The fraction of sp³-hybridized carbons (Fsp3) is 0.261. The van der Waals surface area contributed by atoms with Gasteiger partial charge in [0.15, 0.2) is 6.61 Å². The number of carbonyl (C=O) groups is 2. The van der Waals surface area contributed by atoms with Gasteiger partial charge in [0.05, 0.1) is 11.8 Å². The second-order valence-electron chi connectivity index (χ2n) is 7.39. The van der Waals surface area contributed by atoms with E-state index in [1.165, 1.54) is 4.90 Å². The first kappa shape index (κ1) is 20.6. The van der Waals surface area contributed by atoms with Gasteiger partial charge in [0.25, 0.3) is 5.91 Å². The quantitative estimate of drug-likeness (QED) is 0.604. The smallest absolute Gasteiger partial charge is 0.261 e. The predicted molar refractivity (Wildman–Crippen MR) is 113 cm³/mol. The van der Waals surface area contributed by atoms with E-state index in [-0.39, 0.29) is 31.4 Å². The number of hydrogen-bond acceptors (Lipinski definition) is 5. The summed E-state index contributed by atoms with van der Waals surface area (Å²) in [6.45, 7) is 0.260. The van der Waals surface area contributed by atoms with Crippen molar-refractivity contribution in [3.63, 3.8) is 0 Å². The van der Waals surface area contributed by atoms with Crippen LogP contribution in [0.4, 0.5) is 0 Å². The number of para-hydroxylation sites is 1. The van der Waals surface area contributed by atoms with Gasteiger partial charge in [0.2, 0.25) is 5.91 Å².